The van der Waals surface area contributed by atoms with Gasteiger partial charge in [-0.05, 0) is 71.0 Å². The van der Waals surface area contributed by atoms with Crippen LogP contribution in [0.2, 0.25) is 0 Å². The molecular weight excluding hydrogens is 859 g/mol. The van der Waals surface area contributed by atoms with E-state index in [9.17, 15) is 14.4 Å². The highest BCUT2D eigenvalue weighted by atomic mass is 32.1. The van der Waals surface area contributed by atoms with Crippen molar-refractivity contribution in [1.82, 2.24) is 39.7 Å². The molecule has 17 nitrogen and oxygen atoms in total. The van der Waals surface area contributed by atoms with E-state index in [0.29, 0.717) is 79.5 Å². The number of aromatic nitrogens is 6. The molecule has 2 aromatic carbocycles. The van der Waals surface area contributed by atoms with Crippen LogP contribution in [0.15, 0.2) is 60.9 Å². The molecular formula is C45H52F2N12O5S. The molecule has 342 valence electrons. The van der Waals surface area contributed by atoms with Crippen LogP contribution in [-0.2, 0) is 19.1 Å². The van der Waals surface area contributed by atoms with Crippen LogP contribution in [0.4, 0.5) is 37.1 Å². The van der Waals surface area contributed by atoms with Gasteiger partial charge in [0.05, 0.1) is 79.9 Å². The summed E-state index contributed by atoms with van der Waals surface area (Å²) in [6.45, 7) is 14.0. The maximum Gasteiger partial charge on any atom is 0.259 e. The number of anilines is 5. The van der Waals surface area contributed by atoms with Gasteiger partial charge in [0.25, 0.3) is 5.91 Å². The smallest absolute Gasteiger partial charge is 0.259 e. The van der Waals surface area contributed by atoms with E-state index in [1.165, 1.54) is 17.4 Å². The topological polar surface area (TPSA) is 194 Å². The lowest BCUT2D eigenvalue weighted by molar-refractivity contribution is -0.122. The van der Waals surface area contributed by atoms with Gasteiger partial charge in [0.15, 0.2) is 16.8 Å². The molecule has 1 saturated heterocycles. The van der Waals surface area contributed by atoms with Crippen molar-refractivity contribution < 1.29 is 32.6 Å². The largest absolute Gasteiger partial charge is 0.379 e. The molecule has 0 atom stereocenters. The Morgan fingerprint density at radius 3 is 2.32 bits per heavy atom. The minimum absolute atomic E-state index is 0.0251. The predicted octanol–water partition coefficient (Wildman–Crippen LogP) is 6.43. The van der Waals surface area contributed by atoms with Crippen molar-refractivity contribution in [3.05, 3.63) is 94.5 Å². The zero-order valence-electron chi connectivity index (χ0n) is 36.9. The van der Waals surface area contributed by atoms with Crippen molar-refractivity contribution in [3.63, 3.8) is 0 Å². The number of ether oxygens (including phenoxy) is 2. The number of imidazole rings is 1. The van der Waals surface area contributed by atoms with Crippen LogP contribution in [-0.4, -0.2) is 118 Å². The number of thiazole rings is 1. The minimum Gasteiger partial charge on any atom is -0.379 e. The second-order valence-electron chi connectivity index (χ2n) is 15.7. The van der Waals surface area contributed by atoms with Gasteiger partial charge in [-0.15, -0.1) is 11.3 Å². The third-order valence-electron chi connectivity index (χ3n) is 10.7. The Morgan fingerprint density at radius 1 is 0.831 bits per heavy atom. The Balaban J connectivity index is 0.760. The third-order valence-corrected chi connectivity index (χ3v) is 11.6. The molecule has 4 aromatic heterocycles. The van der Waals surface area contributed by atoms with Gasteiger partial charge >= 0.3 is 0 Å². The summed E-state index contributed by atoms with van der Waals surface area (Å²) in [7, 11) is 0. The fourth-order valence-electron chi connectivity index (χ4n) is 7.31. The summed E-state index contributed by atoms with van der Waals surface area (Å²) in [6.07, 6.45) is 2.87. The quantitative estimate of drug-likeness (QED) is 0.0651. The van der Waals surface area contributed by atoms with E-state index < -0.39 is 11.6 Å². The van der Waals surface area contributed by atoms with Gasteiger partial charge < -0.3 is 34.9 Å². The van der Waals surface area contributed by atoms with Crippen molar-refractivity contribution in [1.29, 1.82) is 0 Å². The molecule has 6 aromatic rings. The molecule has 0 radical (unpaired) electrons. The number of hydrogen-bond acceptors (Lipinski definition) is 14. The van der Waals surface area contributed by atoms with Gasteiger partial charge in [-0.2, -0.15) is 0 Å². The van der Waals surface area contributed by atoms with Gasteiger partial charge in [-0.25, -0.2) is 33.7 Å². The molecule has 0 bridgehead atoms. The molecule has 1 fully saturated rings. The maximum absolute atomic E-state index is 15.1. The van der Waals surface area contributed by atoms with Gasteiger partial charge in [0, 0.05) is 49.2 Å². The molecule has 5 heterocycles. The van der Waals surface area contributed by atoms with Gasteiger partial charge in [-0.3, -0.25) is 24.6 Å². The van der Waals surface area contributed by atoms with E-state index in [1.54, 1.807) is 42.6 Å². The van der Waals surface area contributed by atoms with Crippen LogP contribution < -0.4 is 26.2 Å². The maximum atomic E-state index is 15.1. The number of carbonyl (C=O) groups excluding carboxylic acids is 3. The lowest BCUT2D eigenvalue weighted by Crippen LogP contribution is -2.49. The number of hydrogen-bond donors (Lipinski definition) is 4. The fourth-order valence-corrected chi connectivity index (χ4v) is 8.12. The molecule has 7 rings (SSSR count). The Hall–Kier alpha value is -6.48. The molecule has 0 saturated carbocycles. The normalized spacial score (nSPS) is 13.1. The number of nitrogens with one attached hydrogen (secondary N) is 4. The first kappa shape index (κ1) is 46.5. The number of carbonyl (C=O) groups is 3. The van der Waals surface area contributed by atoms with Crippen LogP contribution in [0.25, 0.3) is 22.3 Å². The summed E-state index contributed by atoms with van der Waals surface area (Å²) in [5, 5.41) is 12.0. The van der Waals surface area contributed by atoms with Gasteiger partial charge in [0.2, 0.25) is 17.8 Å². The number of fused-ring (bicyclic) bond motifs is 1. The Kier molecular flexibility index (Phi) is 15.4. The number of pyridine rings is 1. The van der Waals surface area contributed by atoms with Crippen LogP contribution in [0.1, 0.15) is 53.1 Å². The first-order valence-corrected chi connectivity index (χ1v) is 22.1. The van der Waals surface area contributed by atoms with E-state index in [2.05, 4.69) is 56.0 Å². The molecule has 65 heavy (non-hydrogen) atoms. The monoisotopic (exact) mass is 910 g/mol. The van der Waals surface area contributed by atoms with E-state index in [0.717, 1.165) is 22.5 Å². The van der Waals surface area contributed by atoms with E-state index in [4.69, 9.17) is 9.47 Å². The van der Waals surface area contributed by atoms with Crippen molar-refractivity contribution >= 4 is 68.4 Å². The minimum atomic E-state index is -0.686. The molecule has 1 aliphatic heterocycles. The van der Waals surface area contributed by atoms with Crippen molar-refractivity contribution in [2.75, 3.05) is 86.5 Å². The Labute approximate surface area is 379 Å². The molecule has 1 aliphatic rings. The average Bonchev–Trinajstić information content (AvgIpc) is 3.80. The summed E-state index contributed by atoms with van der Waals surface area (Å²) < 4.78 is 43.2. The zero-order valence-corrected chi connectivity index (χ0v) is 37.7. The summed E-state index contributed by atoms with van der Waals surface area (Å²) in [4.78, 5) is 65.0. The number of piperazine rings is 1. The van der Waals surface area contributed by atoms with Crippen molar-refractivity contribution in [3.8, 4) is 11.3 Å². The predicted molar refractivity (Wildman–Crippen MR) is 246 cm³/mol. The highest BCUT2D eigenvalue weighted by Crippen LogP contribution is 2.31. The average molecular weight is 911 g/mol. The van der Waals surface area contributed by atoms with Crippen LogP contribution in [0.3, 0.4) is 0 Å². The van der Waals surface area contributed by atoms with Crippen molar-refractivity contribution in [2.24, 2.45) is 0 Å². The van der Waals surface area contributed by atoms with E-state index in [-0.39, 0.29) is 72.7 Å². The van der Waals surface area contributed by atoms with E-state index >= 15 is 8.78 Å². The number of amides is 3. The number of halogens is 2. The number of para-hydroxylation sites is 1. The van der Waals surface area contributed by atoms with E-state index in [1.807, 2.05) is 45.3 Å². The second kappa shape index (κ2) is 21.5. The highest BCUT2D eigenvalue weighted by Gasteiger charge is 2.22. The molecule has 4 N–H and O–H groups in total. The van der Waals surface area contributed by atoms with Crippen LogP contribution in [0, 0.1) is 32.4 Å². The standard InChI is InChI=1S/C45H52F2N12O5S/c1-27(2)59-30(5)52-42-34(46)22-31(23-37(42)59)41-35(47)25-50-44(55-41)54-38-11-10-32(24-49-38)58-16-14-57(15-17-58)26-40(61)48-13-19-64-21-20-63-18-12-39(60)53-36-9-7-6-8-33(36)43(62)56-45-51-28(3)29(4)65-45/h6-11,22-25,27H,12-21,26H2,1-5H3,(H,48,61)(H,53,60)(H,51,56,62)(H,49,50,54,55). The van der Waals surface area contributed by atoms with Crippen LogP contribution >= 0.6 is 11.3 Å². The number of nitrogens with zero attached hydrogens (tertiary/aromatic N) is 8. The Morgan fingerprint density at radius 2 is 1.60 bits per heavy atom. The van der Waals surface area contributed by atoms with Gasteiger partial charge in [-0.1, -0.05) is 12.1 Å². The summed E-state index contributed by atoms with van der Waals surface area (Å²) in [6, 6.07) is 13.4. The molecule has 0 spiro atoms. The lowest BCUT2D eigenvalue weighted by Gasteiger charge is -2.35. The zero-order chi connectivity index (χ0) is 46.0. The number of aryl methyl sites for hydroxylation is 3. The first-order chi connectivity index (χ1) is 31.3. The fraction of sp³-hybridized carbons (Fsp3) is 0.378. The third kappa shape index (κ3) is 12.0. The number of benzene rings is 2. The second-order valence-corrected chi connectivity index (χ2v) is 16.9. The SMILES string of the molecule is Cc1nc(NC(=O)c2ccccc2NC(=O)CCOCCOCCNC(=O)CN2CCN(c3ccc(Nc4ncc(F)c(-c5cc(F)c6nc(C)n(C(C)C)c6c5)n4)nc3)CC2)sc1C. The highest BCUT2D eigenvalue weighted by molar-refractivity contribution is 7.15. The number of rotatable bonds is 19. The Bertz CT molecular complexity index is 2610. The summed E-state index contributed by atoms with van der Waals surface area (Å²) in [5.74, 6) is -0.762. The molecule has 0 unspecified atom stereocenters. The molecule has 3 amide bonds. The molecule has 20 heteroatoms. The summed E-state index contributed by atoms with van der Waals surface area (Å²) in [5.41, 5.74) is 3.50. The lowest BCUT2D eigenvalue weighted by atomic mass is 10.1. The molecule has 0 aliphatic carbocycles. The van der Waals surface area contributed by atoms with Gasteiger partial charge in [0.1, 0.15) is 22.9 Å². The first-order valence-electron chi connectivity index (χ1n) is 21.3. The summed E-state index contributed by atoms with van der Waals surface area (Å²) >= 11 is 1.39. The van der Waals surface area contributed by atoms with Crippen molar-refractivity contribution in [2.45, 2.75) is 47.1 Å². The van der Waals surface area contributed by atoms with Crippen LogP contribution in [0.5, 0.6) is 0 Å².